The molecule has 1 aromatic heterocycles. The SMILES string of the molecule is O=C(N=S(=O)=O)N(c1cccs1)c1ccccc1C1N=Cc2ccccc2N1. The average molecular weight is 410 g/mol. The van der Waals surface area contributed by atoms with Gasteiger partial charge in [0, 0.05) is 23.0 Å². The van der Waals surface area contributed by atoms with Gasteiger partial charge in [-0.2, -0.15) is 8.42 Å². The number of thiophene rings is 1. The number of hydrogen-bond acceptors (Lipinski definition) is 6. The van der Waals surface area contributed by atoms with Crippen LogP contribution < -0.4 is 10.2 Å². The maximum atomic E-state index is 12.6. The van der Waals surface area contributed by atoms with Gasteiger partial charge in [-0.25, -0.2) is 4.79 Å². The minimum Gasteiger partial charge on any atom is -0.359 e. The van der Waals surface area contributed by atoms with E-state index in [4.69, 9.17) is 0 Å². The van der Waals surface area contributed by atoms with Crippen LogP contribution in [0.4, 0.5) is 21.2 Å². The number of benzene rings is 2. The summed E-state index contributed by atoms with van der Waals surface area (Å²) in [6.07, 6.45) is 1.35. The number of amides is 2. The third kappa shape index (κ3) is 3.57. The molecule has 2 amide bonds. The van der Waals surface area contributed by atoms with Gasteiger partial charge in [0.25, 0.3) is 0 Å². The molecule has 7 nitrogen and oxygen atoms in total. The Morgan fingerprint density at radius 1 is 1.07 bits per heavy atom. The van der Waals surface area contributed by atoms with E-state index >= 15 is 0 Å². The average Bonchev–Trinajstić information content (AvgIpc) is 3.22. The third-order valence-corrected chi connectivity index (χ3v) is 5.32. The van der Waals surface area contributed by atoms with Crippen molar-refractivity contribution in [2.45, 2.75) is 6.17 Å². The molecule has 28 heavy (non-hydrogen) atoms. The molecule has 140 valence electrons. The molecule has 1 aliphatic heterocycles. The second-order valence-corrected chi connectivity index (χ2v) is 7.39. The van der Waals surface area contributed by atoms with Gasteiger partial charge in [0.05, 0.1) is 5.69 Å². The molecular formula is C19H14N4O3S2. The minimum absolute atomic E-state index is 0.431. The number of hydrogen-bond donors (Lipinski definition) is 1. The van der Waals surface area contributed by atoms with Gasteiger partial charge in [0.1, 0.15) is 11.2 Å². The van der Waals surface area contributed by atoms with Gasteiger partial charge >= 0.3 is 16.5 Å². The Hall–Kier alpha value is -3.30. The van der Waals surface area contributed by atoms with E-state index in [1.165, 1.54) is 16.2 Å². The first-order valence-corrected chi connectivity index (χ1v) is 10.2. The summed E-state index contributed by atoms with van der Waals surface area (Å²) in [5, 5.41) is 5.72. The number of fused-ring (bicyclic) bond motifs is 1. The van der Waals surface area contributed by atoms with Crippen LogP contribution in [0.25, 0.3) is 0 Å². The van der Waals surface area contributed by atoms with Crippen LogP contribution in [0.5, 0.6) is 0 Å². The summed E-state index contributed by atoms with van der Waals surface area (Å²) in [6, 6.07) is 17.6. The summed E-state index contributed by atoms with van der Waals surface area (Å²) in [6.45, 7) is 0. The minimum atomic E-state index is -2.85. The van der Waals surface area contributed by atoms with E-state index in [0.717, 1.165) is 16.8 Å². The highest BCUT2D eigenvalue weighted by molar-refractivity contribution is 7.62. The Labute approximate surface area is 166 Å². The van der Waals surface area contributed by atoms with Crippen molar-refractivity contribution in [1.29, 1.82) is 0 Å². The molecular weight excluding hydrogens is 396 g/mol. The molecule has 0 saturated heterocycles. The van der Waals surface area contributed by atoms with Crippen LogP contribution >= 0.6 is 11.3 Å². The first-order chi connectivity index (χ1) is 13.6. The molecule has 0 spiro atoms. The Morgan fingerprint density at radius 2 is 1.86 bits per heavy atom. The molecule has 0 saturated carbocycles. The molecule has 1 unspecified atom stereocenters. The van der Waals surface area contributed by atoms with E-state index in [0.29, 0.717) is 10.7 Å². The van der Waals surface area contributed by atoms with E-state index in [9.17, 15) is 13.2 Å². The van der Waals surface area contributed by atoms with Gasteiger partial charge in [-0.15, -0.1) is 11.3 Å². The van der Waals surface area contributed by atoms with Crippen LogP contribution in [0.15, 0.2) is 75.4 Å². The molecule has 2 aromatic carbocycles. The molecule has 3 aromatic rings. The summed E-state index contributed by atoms with van der Waals surface area (Å²) < 4.78 is 25.2. The van der Waals surface area contributed by atoms with E-state index in [1.54, 1.807) is 35.9 Å². The standard InChI is InChI=1S/C19H14N4O3S2/c24-19(22-28(25)26)23(17-10-5-11-27-17)16-9-4-2-7-14(16)18-20-12-13-6-1-3-8-15(13)21-18/h1-12,18,21H. The van der Waals surface area contributed by atoms with Gasteiger partial charge in [0.15, 0.2) is 0 Å². The van der Waals surface area contributed by atoms with Gasteiger partial charge in [-0.05, 0) is 29.6 Å². The lowest BCUT2D eigenvalue weighted by molar-refractivity contribution is 0.256. The maximum absolute atomic E-state index is 12.6. The number of para-hydroxylation sites is 2. The van der Waals surface area contributed by atoms with Crippen LogP contribution in [0.1, 0.15) is 17.3 Å². The lowest BCUT2D eigenvalue weighted by Crippen LogP contribution is -2.25. The number of aliphatic imine (C=N–C) groups is 1. The second kappa shape index (κ2) is 7.75. The van der Waals surface area contributed by atoms with E-state index in [1.807, 2.05) is 36.4 Å². The van der Waals surface area contributed by atoms with Crippen molar-refractivity contribution < 1.29 is 13.2 Å². The summed E-state index contributed by atoms with van der Waals surface area (Å²) in [5.74, 6) is 0. The van der Waals surface area contributed by atoms with Gasteiger partial charge in [-0.3, -0.25) is 9.89 Å². The van der Waals surface area contributed by atoms with Crippen molar-refractivity contribution in [3.05, 3.63) is 77.2 Å². The number of nitrogens with zero attached hydrogens (tertiary/aromatic N) is 3. The molecule has 2 heterocycles. The molecule has 0 radical (unpaired) electrons. The van der Waals surface area contributed by atoms with Gasteiger partial charge < -0.3 is 5.32 Å². The van der Waals surface area contributed by atoms with Crippen molar-refractivity contribution in [2.75, 3.05) is 10.2 Å². The number of nitrogens with one attached hydrogen (secondary N) is 1. The fraction of sp³-hybridized carbons (Fsp3) is 0.0526. The zero-order valence-electron chi connectivity index (χ0n) is 14.4. The number of carbonyl (C=O) groups is 1. The molecule has 0 fully saturated rings. The summed E-state index contributed by atoms with van der Waals surface area (Å²) >= 11 is 1.31. The van der Waals surface area contributed by atoms with E-state index in [-0.39, 0.29) is 0 Å². The van der Waals surface area contributed by atoms with Crippen LogP contribution in [0, 0.1) is 0 Å². The summed E-state index contributed by atoms with van der Waals surface area (Å²) in [4.78, 5) is 18.4. The molecule has 1 atom stereocenters. The maximum Gasteiger partial charge on any atom is 0.368 e. The molecule has 0 bridgehead atoms. The highest BCUT2D eigenvalue weighted by atomic mass is 32.2. The lowest BCUT2D eigenvalue weighted by atomic mass is 10.1. The molecule has 0 aliphatic carbocycles. The predicted molar refractivity (Wildman–Crippen MR) is 110 cm³/mol. The van der Waals surface area contributed by atoms with Crippen molar-refractivity contribution >= 4 is 50.5 Å². The zero-order valence-corrected chi connectivity index (χ0v) is 16.0. The largest absolute Gasteiger partial charge is 0.368 e. The monoisotopic (exact) mass is 410 g/mol. The van der Waals surface area contributed by atoms with Crippen LogP contribution in [-0.2, 0) is 10.5 Å². The van der Waals surface area contributed by atoms with Crippen LogP contribution in [-0.4, -0.2) is 20.7 Å². The first kappa shape index (κ1) is 18.1. The topological polar surface area (TPSA) is 91.2 Å². The highest BCUT2D eigenvalue weighted by Gasteiger charge is 2.26. The Balaban J connectivity index is 1.80. The fourth-order valence-electron chi connectivity index (χ4n) is 2.98. The Morgan fingerprint density at radius 3 is 2.64 bits per heavy atom. The molecule has 4 rings (SSSR count). The lowest BCUT2D eigenvalue weighted by Gasteiger charge is -2.27. The molecule has 1 aliphatic rings. The van der Waals surface area contributed by atoms with E-state index < -0.39 is 22.7 Å². The first-order valence-electron chi connectivity index (χ1n) is 8.30. The number of rotatable bonds is 3. The summed E-state index contributed by atoms with van der Waals surface area (Å²) in [5.41, 5.74) is 3.14. The van der Waals surface area contributed by atoms with Crippen LogP contribution in [0.3, 0.4) is 0 Å². The smallest absolute Gasteiger partial charge is 0.359 e. The fourth-order valence-corrected chi connectivity index (χ4v) is 3.92. The quantitative estimate of drug-likeness (QED) is 0.682. The number of urea groups is 1. The van der Waals surface area contributed by atoms with Crippen molar-refractivity contribution in [2.24, 2.45) is 9.36 Å². The molecule has 9 heteroatoms. The van der Waals surface area contributed by atoms with Crippen molar-refractivity contribution in [1.82, 2.24) is 0 Å². The molecule has 1 N–H and O–H groups in total. The Bertz CT molecular complexity index is 1180. The van der Waals surface area contributed by atoms with Gasteiger partial charge in [-0.1, -0.05) is 40.8 Å². The predicted octanol–water partition coefficient (Wildman–Crippen LogP) is 4.61. The van der Waals surface area contributed by atoms with Crippen molar-refractivity contribution in [3.63, 3.8) is 0 Å². The third-order valence-electron chi connectivity index (χ3n) is 4.16. The normalized spacial score (nSPS) is 14.6. The number of carbonyl (C=O) groups excluding carboxylic acids is 1. The van der Waals surface area contributed by atoms with E-state index in [2.05, 4.69) is 14.7 Å². The zero-order chi connectivity index (χ0) is 19.5. The van der Waals surface area contributed by atoms with Crippen molar-refractivity contribution in [3.8, 4) is 0 Å². The Kier molecular flexibility index (Phi) is 5.00. The second-order valence-electron chi connectivity index (χ2n) is 5.85. The summed E-state index contributed by atoms with van der Waals surface area (Å²) in [7, 11) is -2.85. The van der Waals surface area contributed by atoms with Crippen LogP contribution in [0.2, 0.25) is 0 Å². The van der Waals surface area contributed by atoms with Gasteiger partial charge in [0.2, 0.25) is 0 Å². The highest BCUT2D eigenvalue weighted by Crippen LogP contribution is 2.38. The number of anilines is 3.